The first-order chi connectivity index (χ1) is 15.1. The molecule has 4 nitrogen and oxygen atoms in total. The monoisotopic (exact) mass is 431 g/mol. The number of hydrogen-bond acceptors (Lipinski definition) is 2. The van der Waals surface area contributed by atoms with Crippen LogP contribution in [0.25, 0.3) is 22.3 Å². The van der Waals surface area contributed by atoms with E-state index in [4.69, 9.17) is 11.6 Å². The lowest BCUT2D eigenvalue weighted by atomic mass is 10.0. The predicted octanol–water partition coefficient (Wildman–Crippen LogP) is 6.57. The van der Waals surface area contributed by atoms with Gasteiger partial charge in [0.2, 0.25) is 5.91 Å². The van der Waals surface area contributed by atoms with Gasteiger partial charge in [-0.2, -0.15) is 0 Å². The molecule has 2 heterocycles. The largest absolute Gasteiger partial charge is 0.353 e. The normalized spacial score (nSPS) is 11.1. The van der Waals surface area contributed by atoms with E-state index in [0.29, 0.717) is 18.0 Å². The molecule has 4 rings (SSSR count). The van der Waals surface area contributed by atoms with E-state index in [2.05, 4.69) is 16.0 Å². The molecule has 0 saturated heterocycles. The number of H-pyrrole nitrogens is 1. The molecule has 0 bridgehead atoms. The Balaban J connectivity index is 1.56. The van der Waals surface area contributed by atoms with Crippen molar-refractivity contribution in [2.45, 2.75) is 33.1 Å². The van der Waals surface area contributed by atoms with E-state index >= 15 is 0 Å². The van der Waals surface area contributed by atoms with E-state index in [1.54, 1.807) is 6.20 Å². The van der Waals surface area contributed by atoms with Crippen molar-refractivity contribution >= 4 is 34.1 Å². The number of hydrogen-bond donors (Lipinski definition) is 1. The number of amides is 1. The van der Waals surface area contributed by atoms with Gasteiger partial charge in [0.05, 0.1) is 11.4 Å². The average Bonchev–Trinajstić information content (AvgIpc) is 3.13. The van der Waals surface area contributed by atoms with Crippen molar-refractivity contribution in [2.24, 2.45) is 0 Å². The molecule has 0 fully saturated rings. The highest BCUT2D eigenvalue weighted by Crippen LogP contribution is 2.32. The zero-order valence-electron chi connectivity index (χ0n) is 17.9. The van der Waals surface area contributed by atoms with Crippen LogP contribution in [0.3, 0.4) is 0 Å². The molecule has 4 aromatic rings. The summed E-state index contributed by atoms with van der Waals surface area (Å²) in [4.78, 5) is 22.8. The van der Waals surface area contributed by atoms with Crippen LogP contribution in [-0.2, 0) is 11.2 Å². The molecule has 0 saturated carbocycles. The number of aryl methyl sites for hydroxylation is 2. The predicted molar refractivity (Wildman–Crippen MR) is 129 cm³/mol. The smallest absolute Gasteiger partial charge is 0.226 e. The molecular formula is C26H26ClN3O. The van der Waals surface area contributed by atoms with Crippen molar-refractivity contribution in [3.05, 3.63) is 83.0 Å². The van der Waals surface area contributed by atoms with Gasteiger partial charge in [-0.15, -0.1) is 0 Å². The van der Waals surface area contributed by atoms with E-state index in [0.717, 1.165) is 51.9 Å². The Hall–Kier alpha value is -3.11. The lowest BCUT2D eigenvalue weighted by molar-refractivity contribution is -0.118. The first kappa shape index (κ1) is 21.1. The molecule has 1 amide bonds. The van der Waals surface area contributed by atoms with Gasteiger partial charge in [-0.05, 0) is 80.3 Å². The minimum absolute atomic E-state index is 0.144. The molecule has 0 aliphatic carbocycles. The summed E-state index contributed by atoms with van der Waals surface area (Å²) in [6.45, 7) is 4.72. The SMILES string of the molecule is CCN(C(=O)CCCc1c(-c2ccccn2)[nH]c2ccc(Cl)cc12)c1cccc(C)c1. The van der Waals surface area contributed by atoms with Crippen molar-refractivity contribution in [1.29, 1.82) is 0 Å². The van der Waals surface area contributed by atoms with Crippen LogP contribution in [0, 0.1) is 6.92 Å². The standard InChI is InChI=1S/C26H26ClN3O/c1-3-30(20-9-6-8-18(2)16-20)25(31)12-7-10-21-22-17-19(27)13-14-23(22)29-26(21)24-11-4-5-15-28-24/h4-6,8-9,11,13-17,29H,3,7,10,12H2,1-2H3. The maximum Gasteiger partial charge on any atom is 0.226 e. The zero-order valence-corrected chi connectivity index (χ0v) is 18.6. The molecule has 0 unspecified atom stereocenters. The number of carbonyl (C=O) groups excluding carboxylic acids is 1. The molecule has 0 spiro atoms. The van der Waals surface area contributed by atoms with Crippen LogP contribution in [-0.4, -0.2) is 22.4 Å². The Labute approximate surface area is 187 Å². The Morgan fingerprint density at radius 2 is 1.97 bits per heavy atom. The van der Waals surface area contributed by atoms with Crippen molar-refractivity contribution in [3.63, 3.8) is 0 Å². The number of benzene rings is 2. The van der Waals surface area contributed by atoms with Gasteiger partial charge < -0.3 is 9.88 Å². The molecule has 5 heteroatoms. The van der Waals surface area contributed by atoms with Crippen molar-refractivity contribution in [1.82, 2.24) is 9.97 Å². The number of nitrogens with zero attached hydrogens (tertiary/aromatic N) is 2. The van der Waals surface area contributed by atoms with Gasteiger partial charge in [0.1, 0.15) is 0 Å². The number of pyridine rings is 1. The van der Waals surface area contributed by atoms with Crippen LogP contribution in [0.15, 0.2) is 66.9 Å². The maximum atomic E-state index is 13.0. The zero-order chi connectivity index (χ0) is 21.8. The van der Waals surface area contributed by atoms with Gasteiger partial charge >= 0.3 is 0 Å². The van der Waals surface area contributed by atoms with Gasteiger partial charge in [-0.3, -0.25) is 9.78 Å². The highest BCUT2D eigenvalue weighted by atomic mass is 35.5. The lowest BCUT2D eigenvalue weighted by Gasteiger charge is -2.21. The molecule has 158 valence electrons. The number of halogens is 1. The molecule has 2 aromatic carbocycles. The third-order valence-corrected chi connectivity index (χ3v) is 5.77. The average molecular weight is 432 g/mol. The van der Waals surface area contributed by atoms with Gasteiger partial charge in [-0.25, -0.2) is 0 Å². The minimum atomic E-state index is 0.144. The third kappa shape index (κ3) is 4.64. The molecule has 31 heavy (non-hydrogen) atoms. The van der Waals surface area contributed by atoms with E-state index in [1.165, 1.54) is 0 Å². The van der Waals surface area contributed by atoms with Gasteiger partial charge in [0, 0.05) is 40.8 Å². The third-order valence-electron chi connectivity index (χ3n) is 5.54. The Morgan fingerprint density at radius 3 is 2.71 bits per heavy atom. The fourth-order valence-electron chi connectivity index (χ4n) is 4.06. The minimum Gasteiger partial charge on any atom is -0.353 e. The molecule has 0 radical (unpaired) electrons. The molecule has 0 atom stereocenters. The maximum absolute atomic E-state index is 13.0. The Kier molecular flexibility index (Phi) is 6.38. The number of anilines is 1. The fraction of sp³-hybridized carbons (Fsp3) is 0.231. The van der Waals surface area contributed by atoms with Crippen molar-refractivity contribution < 1.29 is 4.79 Å². The van der Waals surface area contributed by atoms with Crippen molar-refractivity contribution in [2.75, 3.05) is 11.4 Å². The molecule has 0 aliphatic rings. The molecule has 2 aromatic heterocycles. The number of aromatic amines is 1. The van der Waals surface area contributed by atoms with E-state index in [-0.39, 0.29) is 5.91 Å². The summed E-state index contributed by atoms with van der Waals surface area (Å²) < 4.78 is 0. The topological polar surface area (TPSA) is 49.0 Å². The number of fused-ring (bicyclic) bond motifs is 1. The Morgan fingerprint density at radius 1 is 1.10 bits per heavy atom. The van der Waals surface area contributed by atoms with E-state index in [9.17, 15) is 4.79 Å². The first-order valence-corrected chi connectivity index (χ1v) is 11.0. The van der Waals surface area contributed by atoms with Crippen LogP contribution in [0.2, 0.25) is 5.02 Å². The summed E-state index contributed by atoms with van der Waals surface area (Å²) in [5.41, 5.74) is 6.19. The summed E-state index contributed by atoms with van der Waals surface area (Å²) in [5.74, 6) is 0.144. The summed E-state index contributed by atoms with van der Waals surface area (Å²) in [6.07, 6.45) is 3.79. The van der Waals surface area contributed by atoms with Crippen LogP contribution < -0.4 is 4.90 Å². The molecular weight excluding hydrogens is 406 g/mol. The highest BCUT2D eigenvalue weighted by Gasteiger charge is 2.17. The summed E-state index contributed by atoms with van der Waals surface area (Å²) in [5, 5.41) is 1.79. The second-order valence-corrected chi connectivity index (χ2v) is 8.15. The van der Waals surface area contributed by atoms with Gasteiger partial charge in [0.15, 0.2) is 0 Å². The van der Waals surface area contributed by atoms with Crippen LogP contribution in [0.1, 0.15) is 30.9 Å². The quantitative estimate of drug-likeness (QED) is 0.360. The molecule has 0 aliphatic heterocycles. The number of aromatic nitrogens is 2. The number of rotatable bonds is 7. The second-order valence-electron chi connectivity index (χ2n) is 7.71. The lowest BCUT2D eigenvalue weighted by Crippen LogP contribution is -2.30. The highest BCUT2D eigenvalue weighted by molar-refractivity contribution is 6.31. The van der Waals surface area contributed by atoms with Gasteiger partial charge in [0.25, 0.3) is 0 Å². The van der Waals surface area contributed by atoms with E-state index < -0.39 is 0 Å². The van der Waals surface area contributed by atoms with Crippen LogP contribution >= 0.6 is 11.6 Å². The molecule has 1 N–H and O–H groups in total. The van der Waals surface area contributed by atoms with Crippen LogP contribution in [0.5, 0.6) is 0 Å². The summed E-state index contributed by atoms with van der Waals surface area (Å²) >= 11 is 6.28. The van der Waals surface area contributed by atoms with Crippen molar-refractivity contribution in [3.8, 4) is 11.4 Å². The Bertz CT molecular complexity index is 1200. The van der Waals surface area contributed by atoms with Crippen LogP contribution in [0.4, 0.5) is 5.69 Å². The van der Waals surface area contributed by atoms with E-state index in [1.807, 2.05) is 73.3 Å². The van der Waals surface area contributed by atoms with Gasteiger partial charge in [-0.1, -0.05) is 29.8 Å². The number of carbonyl (C=O) groups is 1. The first-order valence-electron chi connectivity index (χ1n) is 10.7. The summed E-state index contributed by atoms with van der Waals surface area (Å²) in [7, 11) is 0. The second kappa shape index (κ2) is 9.36. The summed E-state index contributed by atoms with van der Waals surface area (Å²) in [6, 6.07) is 19.9. The fourth-order valence-corrected chi connectivity index (χ4v) is 4.23. The number of nitrogens with one attached hydrogen (secondary N) is 1.